The smallest absolute Gasteiger partial charge is 0.226 e. The van der Waals surface area contributed by atoms with E-state index in [9.17, 15) is 4.79 Å². The number of nitrogens with zero attached hydrogens (tertiary/aromatic N) is 3. The highest BCUT2D eigenvalue weighted by Gasteiger charge is 2.25. The first-order valence-corrected chi connectivity index (χ1v) is 7.09. The SMILES string of the molecule is Cc1cnc(N2CCN(C(=O)C(C)CN)CC2)s1.Cl.Cl. The first kappa shape index (κ1) is 19.4. The third kappa shape index (κ3) is 4.48. The van der Waals surface area contributed by atoms with Crippen LogP contribution in [0.15, 0.2) is 6.20 Å². The highest BCUT2D eigenvalue weighted by atomic mass is 35.5. The van der Waals surface area contributed by atoms with Crippen molar-refractivity contribution in [1.82, 2.24) is 9.88 Å². The molecular formula is C12H22Cl2N4OS. The number of hydrogen-bond acceptors (Lipinski definition) is 5. The number of aryl methyl sites for hydroxylation is 1. The van der Waals surface area contributed by atoms with E-state index < -0.39 is 0 Å². The van der Waals surface area contributed by atoms with Gasteiger partial charge in [0.25, 0.3) is 0 Å². The summed E-state index contributed by atoms with van der Waals surface area (Å²) in [6.45, 7) is 7.61. The largest absolute Gasteiger partial charge is 0.345 e. The monoisotopic (exact) mass is 340 g/mol. The number of aromatic nitrogens is 1. The van der Waals surface area contributed by atoms with Crippen molar-refractivity contribution in [3.8, 4) is 0 Å². The molecule has 20 heavy (non-hydrogen) atoms. The molecule has 1 aliphatic rings. The Bertz CT molecular complexity index is 421. The van der Waals surface area contributed by atoms with Gasteiger partial charge < -0.3 is 15.5 Å². The predicted molar refractivity (Wildman–Crippen MR) is 88.4 cm³/mol. The lowest BCUT2D eigenvalue weighted by Crippen LogP contribution is -2.50. The molecule has 1 aromatic heterocycles. The zero-order valence-corrected chi connectivity index (χ0v) is 14.2. The lowest BCUT2D eigenvalue weighted by Gasteiger charge is -2.35. The average molecular weight is 341 g/mol. The van der Waals surface area contributed by atoms with Gasteiger partial charge in [-0.1, -0.05) is 6.92 Å². The quantitative estimate of drug-likeness (QED) is 0.906. The van der Waals surface area contributed by atoms with Crippen molar-refractivity contribution >= 4 is 47.2 Å². The van der Waals surface area contributed by atoms with Crippen LogP contribution in [0.4, 0.5) is 5.13 Å². The molecule has 1 aliphatic heterocycles. The number of halogens is 2. The molecule has 0 saturated carbocycles. The van der Waals surface area contributed by atoms with Crippen LogP contribution in [0.25, 0.3) is 0 Å². The maximum absolute atomic E-state index is 12.0. The summed E-state index contributed by atoms with van der Waals surface area (Å²) in [6, 6.07) is 0. The topological polar surface area (TPSA) is 62.5 Å². The lowest BCUT2D eigenvalue weighted by molar-refractivity contribution is -0.134. The Hall–Kier alpha value is -0.560. The van der Waals surface area contributed by atoms with Crippen molar-refractivity contribution in [2.75, 3.05) is 37.6 Å². The Morgan fingerprint density at radius 1 is 1.40 bits per heavy atom. The molecule has 1 atom stereocenters. The van der Waals surface area contributed by atoms with Gasteiger partial charge in [-0.25, -0.2) is 4.98 Å². The molecule has 0 spiro atoms. The van der Waals surface area contributed by atoms with Crippen molar-refractivity contribution in [1.29, 1.82) is 0 Å². The van der Waals surface area contributed by atoms with Crippen LogP contribution in [0.5, 0.6) is 0 Å². The van der Waals surface area contributed by atoms with Gasteiger partial charge in [0.05, 0.1) is 0 Å². The van der Waals surface area contributed by atoms with Gasteiger partial charge in [0, 0.05) is 49.7 Å². The Balaban J connectivity index is 0.00000180. The second-order valence-electron chi connectivity index (χ2n) is 4.70. The summed E-state index contributed by atoms with van der Waals surface area (Å²) in [7, 11) is 0. The molecule has 0 radical (unpaired) electrons. The molecule has 2 rings (SSSR count). The second kappa shape index (κ2) is 8.67. The third-order valence-corrected chi connectivity index (χ3v) is 4.22. The Morgan fingerprint density at radius 2 is 2.00 bits per heavy atom. The van der Waals surface area contributed by atoms with Gasteiger partial charge in [-0.2, -0.15) is 0 Å². The van der Waals surface area contributed by atoms with Gasteiger partial charge in [0.1, 0.15) is 0 Å². The van der Waals surface area contributed by atoms with Crippen LogP contribution >= 0.6 is 36.2 Å². The van der Waals surface area contributed by atoms with Gasteiger partial charge in [0.2, 0.25) is 5.91 Å². The highest BCUT2D eigenvalue weighted by molar-refractivity contribution is 7.15. The Morgan fingerprint density at radius 3 is 2.45 bits per heavy atom. The van der Waals surface area contributed by atoms with Gasteiger partial charge >= 0.3 is 0 Å². The number of piperazine rings is 1. The van der Waals surface area contributed by atoms with Gasteiger partial charge in [-0.05, 0) is 6.92 Å². The molecule has 2 N–H and O–H groups in total. The minimum atomic E-state index is -0.0707. The summed E-state index contributed by atoms with van der Waals surface area (Å²) in [6.07, 6.45) is 1.90. The van der Waals surface area contributed by atoms with Crippen LogP contribution in [0.1, 0.15) is 11.8 Å². The van der Waals surface area contributed by atoms with E-state index in [-0.39, 0.29) is 36.6 Å². The van der Waals surface area contributed by atoms with E-state index in [4.69, 9.17) is 5.73 Å². The third-order valence-electron chi connectivity index (χ3n) is 3.25. The zero-order valence-electron chi connectivity index (χ0n) is 11.7. The number of carbonyl (C=O) groups is 1. The minimum absolute atomic E-state index is 0. The van der Waals surface area contributed by atoms with E-state index in [0.717, 1.165) is 31.3 Å². The van der Waals surface area contributed by atoms with E-state index in [1.54, 1.807) is 11.3 Å². The van der Waals surface area contributed by atoms with Crippen molar-refractivity contribution in [3.63, 3.8) is 0 Å². The molecule has 1 saturated heterocycles. The van der Waals surface area contributed by atoms with Crippen LogP contribution in [-0.2, 0) is 4.79 Å². The summed E-state index contributed by atoms with van der Waals surface area (Å²) in [4.78, 5) is 21.8. The number of rotatable bonds is 3. The van der Waals surface area contributed by atoms with Crippen LogP contribution in [0.3, 0.4) is 0 Å². The number of hydrogen-bond donors (Lipinski definition) is 1. The number of amides is 1. The van der Waals surface area contributed by atoms with E-state index in [1.807, 2.05) is 18.0 Å². The first-order chi connectivity index (χ1) is 8.61. The molecular weight excluding hydrogens is 319 g/mol. The molecule has 0 aliphatic carbocycles. The van der Waals surface area contributed by atoms with Crippen molar-refractivity contribution in [2.24, 2.45) is 11.7 Å². The van der Waals surface area contributed by atoms with E-state index in [2.05, 4.69) is 16.8 Å². The summed E-state index contributed by atoms with van der Waals surface area (Å²) < 4.78 is 0. The molecule has 1 fully saturated rings. The maximum atomic E-state index is 12.0. The van der Waals surface area contributed by atoms with Crippen molar-refractivity contribution < 1.29 is 4.79 Å². The highest BCUT2D eigenvalue weighted by Crippen LogP contribution is 2.22. The molecule has 0 bridgehead atoms. The molecule has 116 valence electrons. The molecule has 5 nitrogen and oxygen atoms in total. The molecule has 1 unspecified atom stereocenters. The van der Waals surface area contributed by atoms with E-state index >= 15 is 0 Å². The molecule has 2 heterocycles. The zero-order chi connectivity index (χ0) is 13.1. The van der Waals surface area contributed by atoms with E-state index in [1.165, 1.54) is 4.88 Å². The Labute approximate surface area is 136 Å². The minimum Gasteiger partial charge on any atom is -0.345 e. The fourth-order valence-electron chi connectivity index (χ4n) is 2.02. The van der Waals surface area contributed by atoms with Crippen LogP contribution in [-0.4, -0.2) is 48.5 Å². The maximum Gasteiger partial charge on any atom is 0.226 e. The van der Waals surface area contributed by atoms with E-state index in [0.29, 0.717) is 6.54 Å². The number of carbonyl (C=O) groups excluding carboxylic acids is 1. The summed E-state index contributed by atoms with van der Waals surface area (Å²) in [5.74, 6) is 0.103. The van der Waals surface area contributed by atoms with Crippen molar-refractivity contribution in [3.05, 3.63) is 11.1 Å². The molecule has 1 aromatic rings. The lowest BCUT2D eigenvalue weighted by atomic mass is 10.1. The van der Waals surface area contributed by atoms with Crippen LogP contribution in [0.2, 0.25) is 0 Å². The molecule has 1 amide bonds. The Kier molecular flexibility index (Phi) is 8.42. The number of anilines is 1. The van der Waals surface area contributed by atoms with Gasteiger partial charge in [0.15, 0.2) is 5.13 Å². The average Bonchev–Trinajstić information content (AvgIpc) is 2.84. The molecule has 8 heteroatoms. The van der Waals surface area contributed by atoms with Crippen LogP contribution < -0.4 is 10.6 Å². The summed E-state index contributed by atoms with van der Waals surface area (Å²) >= 11 is 1.71. The summed E-state index contributed by atoms with van der Waals surface area (Å²) in [5, 5.41) is 1.06. The van der Waals surface area contributed by atoms with Crippen LogP contribution in [0, 0.1) is 12.8 Å². The normalized spacial score (nSPS) is 16.1. The second-order valence-corrected chi connectivity index (χ2v) is 5.92. The van der Waals surface area contributed by atoms with Gasteiger partial charge in [-0.15, -0.1) is 36.2 Å². The number of thiazole rings is 1. The standard InChI is InChI=1S/C12H20N4OS.2ClH/c1-9(7-13)11(17)15-3-5-16(6-4-15)12-14-8-10(2)18-12;;/h8-9H,3-7,13H2,1-2H3;2*1H. The fourth-order valence-corrected chi connectivity index (χ4v) is 2.83. The predicted octanol–water partition coefficient (Wildman–Crippen LogP) is 1.54. The molecule has 0 aromatic carbocycles. The van der Waals surface area contributed by atoms with Gasteiger partial charge in [-0.3, -0.25) is 4.79 Å². The number of nitrogens with two attached hydrogens (primary N) is 1. The first-order valence-electron chi connectivity index (χ1n) is 6.28. The summed E-state index contributed by atoms with van der Waals surface area (Å²) in [5.41, 5.74) is 5.53. The fraction of sp³-hybridized carbons (Fsp3) is 0.667. The van der Waals surface area contributed by atoms with Crippen molar-refractivity contribution in [2.45, 2.75) is 13.8 Å².